The standard InChI is InChI=1S/C15H23FN2O/c1-15(2)11-17-7-9-18(15)8-6-12-4-5-14(19-3)13(16)10-12/h4-5,10,17H,6-9,11H2,1-3H3. The summed E-state index contributed by atoms with van der Waals surface area (Å²) in [5, 5.41) is 3.41. The number of ether oxygens (including phenoxy) is 1. The molecule has 19 heavy (non-hydrogen) atoms. The monoisotopic (exact) mass is 266 g/mol. The van der Waals surface area contributed by atoms with Gasteiger partial charge in [-0.25, -0.2) is 4.39 Å². The van der Waals surface area contributed by atoms with Gasteiger partial charge in [0.2, 0.25) is 0 Å². The van der Waals surface area contributed by atoms with Crippen molar-refractivity contribution >= 4 is 0 Å². The first-order chi connectivity index (χ1) is 9.03. The molecule has 1 aliphatic heterocycles. The smallest absolute Gasteiger partial charge is 0.165 e. The Bertz CT molecular complexity index is 434. The van der Waals surface area contributed by atoms with Crippen LogP contribution >= 0.6 is 0 Å². The maximum absolute atomic E-state index is 13.6. The van der Waals surface area contributed by atoms with E-state index in [1.54, 1.807) is 12.1 Å². The molecule has 1 aliphatic rings. The van der Waals surface area contributed by atoms with Gasteiger partial charge in [0.25, 0.3) is 0 Å². The van der Waals surface area contributed by atoms with Crippen LogP contribution in [-0.2, 0) is 6.42 Å². The molecular weight excluding hydrogens is 243 g/mol. The molecule has 0 saturated carbocycles. The molecular formula is C15H23FN2O. The second-order valence-electron chi connectivity index (χ2n) is 5.70. The molecule has 106 valence electrons. The fraction of sp³-hybridized carbons (Fsp3) is 0.600. The second-order valence-corrected chi connectivity index (χ2v) is 5.70. The molecule has 0 spiro atoms. The zero-order chi connectivity index (χ0) is 13.9. The molecule has 0 aromatic heterocycles. The van der Waals surface area contributed by atoms with E-state index in [0.29, 0.717) is 5.75 Å². The first kappa shape index (κ1) is 14.3. The highest BCUT2D eigenvalue weighted by Crippen LogP contribution is 2.20. The highest BCUT2D eigenvalue weighted by Gasteiger charge is 2.28. The largest absolute Gasteiger partial charge is 0.494 e. The molecule has 0 bridgehead atoms. The molecule has 0 atom stereocenters. The zero-order valence-electron chi connectivity index (χ0n) is 12.0. The van der Waals surface area contributed by atoms with E-state index in [2.05, 4.69) is 24.1 Å². The van der Waals surface area contributed by atoms with Gasteiger partial charge in [0.1, 0.15) is 0 Å². The summed E-state index contributed by atoms with van der Waals surface area (Å²) in [6.07, 6.45) is 0.865. The Morgan fingerprint density at radius 1 is 1.42 bits per heavy atom. The molecule has 2 rings (SSSR count). The molecule has 0 unspecified atom stereocenters. The summed E-state index contributed by atoms with van der Waals surface area (Å²) in [6.45, 7) is 8.53. The summed E-state index contributed by atoms with van der Waals surface area (Å²) in [7, 11) is 1.49. The normalized spacial score (nSPS) is 19.4. The Kier molecular flexibility index (Phi) is 4.42. The minimum Gasteiger partial charge on any atom is -0.494 e. The van der Waals surface area contributed by atoms with E-state index < -0.39 is 0 Å². The molecule has 0 amide bonds. The van der Waals surface area contributed by atoms with E-state index in [-0.39, 0.29) is 11.4 Å². The SMILES string of the molecule is COc1ccc(CCN2CCNCC2(C)C)cc1F. The van der Waals surface area contributed by atoms with Crippen molar-refractivity contribution in [3.05, 3.63) is 29.6 Å². The van der Waals surface area contributed by atoms with E-state index in [4.69, 9.17) is 4.74 Å². The number of methoxy groups -OCH3 is 1. The molecule has 3 nitrogen and oxygen atoms in total. The van der Waals surface area contributed by atoms with Crippen molar-refractivity contribution in [2.75, 3.05) is 33.3 Å². The van der Waals surface area contributed by atoms with Gasteiger partial charge in [0, 0.05) is 31.7 Å². The third kappa shape index (κ3) is 3.45. The first-order valence-electron chi connectivity index (χ1n) is 6.81. The highest BCUT2D eigenvalue weighted by atomic mass is 19.1. The maximum atomic E-state index is 13.6. The van der Waals surface area contributed by atoms with E-state index in [9.17, 15) is 4.39 Å². The van der Waals surface area contributed by atoms with Crippen LogP contribution < -0.4 is 10.1 Å². The number of hydrogen-bond acceptors (Lipinski definition) is 3. The Morgan fingerprint density at radius 2 is 2.21 bits per heavy atom. The van der Waals surface area contributed by atoms with Gasteiger partial charge in [0.15, 0.2) is 11.6 Å². The summed E-state index contributed by atoms with van der Waals surface area (Å²) >= 11 is 0. The van der Waals surface area contributed by atoms with Gasteiger partial charge in [-0.1, -0.05) is 6.07 Å². The maximum Gasteiger partial charge on any atom is 0.165 e. The van der Waals surface area contributed by atoms with Gasteiger partial charge >= 0.3 is 0 Å². The second kappa shape index (κ2) is 5.88. The average Bonchev–Trinajstić information content (AvgIpc) is 2.37. The molecule has 1 aromatic carbocycles. The van der Waals surface area contributed by atoms with Gasteiger partial charge in [0.05, 0.1) is 7.11 Å². The molecule has 4 heteroatoms. The van der Waals surface area contributed by atoms with Crippen molar-refractivity contribution in [3.63, 3.8) is 0 Å². The Balaban J connectivity index is 1.96. The van der Waals surface area contributed by atoms with Crippen LogP contribution in [0.1, 0.15) is 19.4 Å². The lowest BCUT2D eigenvalue weighted by atomic mass is 9.99. The molecule has 1 aromatic rings. The summed E-state index contributed by atoms with van der Waals surface area (Å²) in [5.41, 5.74) is 1.19. The van der Waals surface area contributed by atoms with E-state index in [1.807, 2.05) is 6.07 Å². The molecule has 1 N–H and O–H groups in total. The van der Waals surface area contributed by atoms with E-state index in [1.165, 1.54) is 7.11 Å². The zero-order valence-corrected chi connectivity index (χ0v) is 12.0. The number of hydrogen-bond donors (Lipinski definition) is 1. The predicted octanol–water partition coefficient (Wildman–Crippen LogP) is 2.06. The minimum atomic E-state index is -0.278. The Labute approximate surface area is 114 Å². The van der Waals surface area contributed by atoms with Crippen molar-refractivity contribution in [1.29, 1.82) is 0 Å². The number of halogens is 1. The van der Waals surface area contributed by atoms with Crippen LogP contribution in [0.5, 0.6) is 5.75 Å². The third-order valence-corrected chi connectivity index (χ3v) is 3.86. The van der Waals surface area contributed by atoms with Gasteiger partial charge in [-0.05, 0) is 38.0 Å². The van der Waals surface area contributed by atoms with Crippen molar-refractivity contribution in [3.8, 4) is 5.75 Å². The van der Waals surface area contributed by atoms with Gasteiger partial charge < -0.3 is 10.1 Å². The summed E-state index contributed by atoms with van der Waals surface area (Å²) < 4.78 is 18.6. The van der Waals surface area contributed by atoms with Crippen LogP contribution in [0, 0.1) is 5.82 Å². The van der Waals surface area contributed by atoms with Crippen molar-refractivity contribution in [1.82, 2.24) is 10.2 Å². The third-order valence-electron chi connectivity index (χ3n) is 3.86. The van der Waals surface area contributed by atoms with Crippen LogP contribution in [0.25, 0.3) is 0 Å². The van der Waals surface area contributed by atoms with E-state index in [0.717, 1.165) is 38.2 Å². The van der Waals surface area contributed by atoms with Crippen LogP contribution in [-0.4, -0.2) is 43.7 Å². The lowest BCUT2D eigenvalue weighted by Crippen LogP contribution is -2.58. The summed E-state index contributed by atoms with van der Waals surface area (Å²) in [5.74, 6) is 0.0332. The molecule has 0 radical (unpaired) electrons. The topological polar surface area (TPSA) is 24.5 Å². The fourth-order valence-corrected chi connectivity index (χ4v) is 2.57. The average molecular weight is 266 g/mol. The molecule has 1 fully saturated rings. The number of nitrogens with zero attached hydrogens (tertiary/aromatic N) is 1. The number of benzene rings is 1. The predicted molar refractivity (Wildman–Crippen MR) is 75.2 cm³/mol. The van der Waals surface area contributed by atoms with Crippen LogP contribution in [0.15, 0.2) is 18.2 Å². The number of piperazine rings is 1. The number of rotatable bonds is 4. The molecule has 1 saturated heterocycles. The summed E-state index contributed by atoms with van der Waals surface area (Å²) in [4.78, 5) is 2.46. The highest BCUT2D eigenvalue weighted by molar-refractivity contribution is 5.29. The fourth-order valence-electron chi connectivity index (χ4n) is 2.57. The minimum absolute atomic E-state index is 0.170. The van der Waals surface area contributed by atoms with Crippen LogP contribution in [0.4, 0.5) is 4.39 Å². The number of nitrogens with one attached hydrogen (secondary N) is 1. The summed E-state index contributed by atoms with van der Waals surface area (Å²) in [6, 6.07) is 5.22. The van der Waals surface area contributed by atoms with Crippen LogP contribution in [0.2, 0.25) is 0 Å². The first-order valence-corrected chi connectivity index (χ1v) is 6.81. The van der Waals surface area contributed by atoms with Crippen molar-refractivity contribution < 1.29 is 9.13 Å². The van der Waals surface area contributed by atoms with E-state index >= 15 is 0 Å². The van der Waals surface area contributed by atoms with Crippen molar-refractivity contribution in [2.45, 2.75) is 25.8 Å². The molecule has 1 heterocycles. The van der Waals surface area contributed by atoms with Crippen molar-refractivity contribution in [2.24, 2.45) is 0 Å². The van der Waals surface area contributed by atoms with Gasteiger partial charge in [-0.2, -0.15) is 0 Å². The lowest BCUT2D eigenvalue weighted by molar-refractivity contribution is 0.0921. The Morgan fingerprint density at radius 3 is 2.84 bits per heavy atom. The Hall–Kier alpha value is -1.13. The van der Waals surface area contributed by atoms with Gasteiger partial charge in [-0.15, -0.1) is 0 Å². The van der Waals surface area contributed by atoms with Crippen LogP contribution in [0.3, 0.4) is 0 Å². The molecule has 0 aliphatic carbocycles. The lowest BCUT2D eigenvalue weighted by Gasteiger charge is -2.43. The van der Waals surface area contributed by atoms with Gasteiger partial charge in [-0.3, -0.25) is 4.90 Å². The quantitative estimate of drug-likeness (QED) is 0.903.